The molecule has 0 radical (unpaired) electrons. The minimum absolute atomic E-state index is 0.193. The molecule has 1 rings (SSSR count). The first kappa shape index (κ1) is 34.5. The zero-order valence-corrected chi connectivity index (χ0v) is 28.0. The highest BCUT2D eigenvalue weighted by atomic mass is 28.4. The third-order valence-corrected chi connectivity index (χ3v) is 17.5. The molecular formula is C31H60O4Si2. The van der Waals surface area contributed by atoms with Gasteiger partial charge in [-0.15, -0.1) is 0 Å². The maximum Gasteiger partial charge on any atom is 0.192 e. The van der Waals surface area contributed by atoms with Crippen LogP contribution in [0.5, 0.6) is 0 Å². The predicted octanol–water partition coefficient (Wildman–Crippen LogP) is 9.10. The maximum atomic E-state index is 9.33. The summed E-state index contributed by atoms with van der Waals surface area (Å²) >= 11 is 0. The van der Waals surface area contributed by atoms with Gasteiger partial charge in [0.05, 0.1) is 6.61 Å². The van der Waals surface area contributed by atoms with Crippen LogP contribution in [0.1, 0.15) is 98.5 Å². The molecule has 0 aliphatic rings. The van der Waals surface area contributed by atoms with Gasteiger partial charge < -0.3 is 18.7 Å². The lowest BCUT2D eigenvalue weighted by atomic mass is 10.0. The van der Waals surface area contributed by atoms with Crippen LogP contribution in [0.3, 0.4) is 0 Å². The van der Waals surface area contributed by atoms with Crippen molar-refractivity contribution in [2.45, 2.75) is 148 Å². The van der Waals surface area contributed by atoms with E-state index < -0.39 is 16.6 Å². The Balaban J connectivity index is 2.75. The second-order valence-corrected chi connectivity index (χ2v) is 23.3. The molecule has 6 heteroatoms. The van der Waals surface area contributed by atoms with Gasteiger partial charge in [-0.3, -0.25) is 0 Å². The molecular weight excluding hydrogens is 493 g/mol. The topological polar surface area (TPSA) is 47.9 Å². The van der Waals surface area contributed by atoms with Crippen LogP contribution in [0.15, 0.2) is 30.3 Å². The van der Waals surface area contributed by atoms with Crippen molar-refractivity contribution in [3.8, 4) is 0 Å². The Hall–Kier alpha value is -0.506. The molecule has 0 amide bonds. The van der Waals surface area contributed by atoms with E-state index >= 15 is 0 Å². The first-order valence-electron chi connectivity index (χ1n) is 14.7. The van der Waals surface area contributed by atoms with E-state index in [4.69, 9.17) is 13.6 Å². The maximum absolute atomic E-state index is 9.33. The van der Waals surface area contributed by atoms with Gasteiger partial charge in [-0.1, -0.05) is 71.9 Å². The second-order valence-electron chi connectivity index (χ2n) is 13.8. The molecule has 0 aliphatic heterocycles. The number of aliphatic hydroxyl groups is 1. The molecule has 1 N–H and O–H groups in total. The molecule has 0 saturated carbocycles. The fraction of sp³-hybridized carbons (Fsp3) is 0.806. The van der Waals surface area contributed by atoms with Crippen molar-refractivity contribution in [3.05, 3.63) is 35.9 Å². The summed E-state index contributed by atoms with van der Waals surface area (Å²) in [4.78, 5) is 0. The third kappa shape index (κ3) is 13.4. The SMILES string of the molecule is CC(C)(C)[Si](C)(C)O[C@@H](CCCCO)CC[C@H](CCCCOCc1ccccc1)O[Si](C)(C)C(C)(C)C. The van der Waals surface area contributed by atoms with Gasteiger partial charge in [-0.2, -0.15) is 0 Å². The summed E-state index contributed by atoms with van der Waals surface area (Å²) in [6.07, 6.45) is 8.71. The smallest absolute Gasteiger partial charge is 0.192 e. The molecule has 0 fully saturated rings. The number of hydrogen-bond donors (Lipinski definition) is 1. The van der Waals surface area contributed by atoms with E-state index in [9.17, 15) is 5.11 Å². The van der Waals surface area contributed by atoms with Crippen molar-refractivity contribution in [1.29, 1.82) is 0 Å². The van der Waals surface area contributed by atoms with Gasteiger partial charge in [-0.05, 0) is 93.2 Å². The zero-order chi connectivity index (χ0) is 28.2. The number of aliphatic hydroxyl groups excluding tert-OH is 1. The number of unbranched alkanes of at least 4 members (excludes halogenated alkanes) is 2. The number of ether oxygens (including phenoxy) is 1. The lowest BCUT2D eigenvalue weighted by molar-refractivity contribution is 0.0982. The summed E-state index contributed by atoms with van der Waals surface area (Å²) < 4.78 is 19.8. The van der Waals surface area contributed by atoms with E-state index in [0.29, 0.717) is 6.61 Å². The molecule has 0 heterocycles. The second kappa shape index (κ2) is 15.9. The van der Waals surface area contributed by atoms with Gasteiger partial charge in [-0.25, -0.2) is 0 Å². The highest BCUT2D eigenvalue weighted by molar-refractivity contribution is 6.74. The largest absolute Gasteiger partial charge is 0.414 e. The van der Waals surface area contributed by atoms with Crippen LogP contribution in [-0.4, -0.2) is 47.2 Å². The van der Waals surface area contributed by atoms with E-state index in [1.807, 2.05) is 6.07 Å². The average Bonchev–Trinajstić information content (AvgIpc) is 2.78. The van der Waals surface area contributed by atoms with Crippen molar-refractivity contribution in [2.24, 2.45) is 0 Å². The first-order valence-corrected chi connectivity index (χ1v) is 20.5. The van der Waals surface area contributed by atoms with Crippen molar-refractivity contribution in [3.63, 3.8) is 0 Å². The van der Waals surface area contributed by atoms with E-state index in [0.717, 1.165) is 58.0 Å². The summed E-state index contributed by atoms with van der Waals surface area (Å²) in [5.41, 5.74) is 1.23. The van der Waals surface area contributed by atoms with Gasteiger partial charge in [0.25, 0.3) is 0 Å². The van der Waals surface area contributed by atoms with Crippen molar-refractivity contribution in [2.75, 3.05) is 13.2 Å². The predicted molar refractivity (Wildman–Crippen MR) is 164 cm³/mol. The lowest BCUT2D eigenvalue weighted by Gasteiger charge is -2.41. The van der Waals surface area contributed by atoms with Crippen molar-refractivity contribution in [1.82, 2.24) is 0 Å². The lowest BCUT2D eigenvalue weighted by Crippen LogP contribution is -2.45. The molecule has 0 aromatic heterocycles. The van der Waals surface area contributed by atoms with Gasteiger partial charge in [0.2, 0.25) is 0 Å². The van der Waals surface area contributed by atoms with Crippen molar-refractivity contribution < 1.29 is 18.7 Å². The molecule has 0 aliphatic carbocycles. The summed E-state index contributed by atoms with van der Waals surface area (Å²) in [6, 6.07) is 10.4. The molecule has 0 spiro atoms. The summed E-state index contributed by atoms with van der Waals surface area (Å²) in [5, 5.41) is 9.72. The quantitative estimate of drug-likeness (QED) is 0.146. The fourth-order valence-electron chi connectivity index (χ4n) is 3.91. The van der Waals surface area contributed by atoms with E-state index in [2.05, 4.69) is 92.0 Å². The Morgan fingerprint density at radius 2 is 1.14 bits per heavy atom. The minimum Gasteiger partial charge on any atom is -0.414 e. The van der Waals surface area contributed by atoms with E-state index in [1.165, 1.54) is 5.56 Å². The molecule has 0 unspecified atom stereocenters. The van der Waals surface area contributed by atoms with Crippen LogP contribution in [0.25, 0.3) is 0 Å². The van der Waals surface area contributed by atoms with Crippen LogP contribution in [0, 0.1) is 0 Å². The highest BCUT2D eigenvalue weighted by Crippen LogP contribution is 2.40. The monoisotopic (exact) mass is 552 g/mol. The van der Waals surface area contributed by atoms with Crippen LogP contribution in [-0.2, 0) is 20.2 Å². The Morgan fingerprint density at radius 1 is 0.676 bits per heavy atom. The van der Waals surface area contributed by atoms with E-state index in [-0.39, 0.29) is 28.9 Å². The average molecular weight is 553 g/mol. The molecule has 1 aromatic rings. The Morgan fingerprint density at radius 3 is 1.57 bits per heavy atom. The van der Waals surface area contributed by atoms with Gasteiger partial charge in [0.15, 0.2) is 16.6 Å². The van der Waals surface area contributed by atoms with Gasteiger partial charge in [0, 0.05) is 25.4 Å². The fourth-order valence-corrected chi connectivity index (χ4v) is 6.75. The Kier molecular flexibility index (Phi) is 14.9. The summed E-state index contributed by atoms with van der Waals surface area (Å²) in [5.74, 6) is 0. The van der Waals surface area contributed by atoms with Crippen molar-refractivity contribution >= 4 is 16.6 Å². The number of hydrogen-bond acceptors (Lipinski definition) is 4. The minimum atomic E-state index is -1.86. The normalized spacial score (nSPS) is 15.1. The molecule has 1 aromatic carbocycles. The van der Waals surface area contributed by atoms with Gasteiger partial charge in [0.1, 0.15) is 0 Å². The molecule has 2 atom stereocenters. The van der Waals surface area contributed by atoms with Crippen LogP contribution < -0.4 is 0 Å². The summed E-state index contributed by atoms with van der Waals surface area (Å²) in [7, 11) is -3.72. The number of benzene rings is 1. The Labute approximate surface area is 232 Å². The van der Waals surface area contributed by atoms with Crippen LogP contribution >= 0.6 is 0 Å². The third-order valence-electron chi connectivity index (χ3n) is 8.46. The van der Waals surface area contributed by atoms with Crippen LogP contribution in [0.2, 0.25) is 36.3 Å². The number of rotatable bonds is 18. The summed E-state index contributed by atoms with van der Waals surface area (Å²) in [6.45, 7) is 25.1. The zero-order valence-electron chi connectivity index (χ0n) is 26.0. The standard InChI is InChI=1S/C31H60O4Si2/c1-30(2,3)36(7,8)34-28(20-14-16-24-32)22-23-29(35-37(9,10)31(4,5)6)21-15-17-25-33-26-27-18-12-11-13-19-27/h11-13,18-19,28-29,32H,14-17,20-26H2,1-10H3/t28-,29-/m0/s1. The first-order chi connectivity index (χ1) is 17.1. The Bertz CT molecular complexity index is 723. The molecule has 0 bridgehead atoms. The van der Waals surface area contributed by atoms with E-state index in [1.54, 1.807) is 0 Å². The molecule has 4 nitrogen and oxygen atoms in total. The highest BCUT2D eigenvalue weighted by Gasteiger charge is 2.40. The van der Waals surface area contributed by atoms with Crippen LogP contribution in [0.4, 0.5) is 0 Å². The van der Waals surface area contributed by atoms with Gasteiger partial charge >= 0.3 is 0 Å². The molecule has 37 heavy (non-hydrogen) atoms. The molecule has 0 saturated heterocycles. The molecule has 216 valence electrons.